The summed E-state index contributed by atoms with van der Waals surface area (Å²) >= 11 is 0. The number of nitrogens with one attached hydrogen (secondary N) is 1. The first-order valence-electron chi connectivity index (χ1n) is 3.40. The Kier molecular flexibility index (Phi) is 2.83. The van der Waals surface area contributed by atoms with Crippen LogP contribution in [0.5, 0.6) is 0 Å². The van der Waals surface area contributed by atoms with E-state index in [1.165, 1.54) is 0 Å². The van der Waals surface area contributed by atoms with Gasteiger partial charge in [0.25, 0.3) is 0 Å². The first-order valence-corrected chi connectivity index (χ1v) is 4.84. The van der Waals surface area contributed by atoms with E-state index in [1.807, 2.05) is 0 Å². The Morgan fingerprint density at radius 2 is 2.27 bits per heavy atom. The lowest BCUT2D eigenvalue weighted by Crippen LogP contribution is -2.40. The third-order valence-electron chi connectivity index (χ3n) is 1.48. The summed E-state index contributed by atoms with van der Waals surface area (Å²) in [5.41, 5.74) is 0. The lowest BCUT2D eigenvalue weighted by molar-refractivity contribution is 0.0766. The van der Waals surface area contributed by atoms with Crippen LogP contribution in [0.25, 0.3) is 0 Å². The molecule has 1 atom stereocenters. The van der Waals surface area contributed by atoms with Crippen molar-refractivity contribution in [1.82, 2.24) is 4.72 Å². The normalized spacial score (nSPS) is 26.8. The lowest BCUT2D eigenvalue weighted by atomic mass is 10.1. The average molecular weight is 181 g/mol. The minimum Gasteiger partial charge on any atom is -0.380 e. The molecule has 0 aromatic heterocycles. The molecule has 5 nitrogen and oxygen atoms in total. The van der Waals surface area contributed by atoms with E-state index in [4.69, 9.17) is 9.29 Å². The number of ether oxygens (including phenoxy) is 1. The Morgan fingerprint density at radius 1 is 1.55 bits per heavy atom. The maximum absolute atomic E-state index is 10.3. The molecule has 66 valence electrons. The van der Waals surface area contributed by atoms with Gasteiger partial charge in [-0.25, -0.2) is 0 Å². The molecule has 1 aliphatic rings. The highest BCUT2D eigenvalue weighted by atomic mass is 32.2. The Bertz CT molecular complexity index is 207. The predicted molar refractivity (Wildman–Crippen MR) is 38.5 cm³/mol. The van der Waals surface area contributed by atoms with Crippen molar-refractivity contribution in [3.63, 3.8) is 0 Å². The fourth-order valence-corrected chi connectivity index (χ4v) is 1.65. The van der Waals surface area contributed by atoms with Crippen LogP contribution in [0.2, 0.25) is 0 Å². The first-order chi connectivity index (χ1) is 5.08. The van der Waals surface area contributed by atoms with Crippen LogP contribution in [-0.2, 0) is 15.0 Å². The zero-order chi connectivity index (χ0) is 8.32. The summed E-state index contributed by atoms with van der Waals surface area (Å²) in [6.45, 7) is 1.02. The van der Waals surface area contributed by atoms with Crippen LogP contribution in [-0.4, -0.2) is 32.2 Å². The van der Waals surface area contributed by atoms with Crippen molar-refractivity contribution in [2.45, 2.75) is 18.9 Å². The monoisotopic (exact) mass is 181 g/mol. The summed E-state index contributed by atoms with van der Waals surface area (Å²) in [6, 6.07) is -0.265. The van der Waals surface area contributed by atoms with E-state index in [9.17, 15) is 8.42 Å². The van der Waals surface area contributed by atoms with Crippen LogP contribution >= 0.6 is 0 Å². The van der Waals surface area contributed by atoms with Gasteiger partial charge in [0.1, 0.15) is 0 Å². The number of hydrogen-bond donors (Lipinski definition) is 2. The van der Waals surface area contributed by atoms with Crippen LogP contribution in [0.4, 0.5) is 0 Å². The summed E-state index contributed by atoms with van der Waals surface area (Å²) in [5, 5.41) is 0. The molecule has 1 unspecified atom stereocenters. The number of rotatable bonds is 2. The quantitative estimate of drug-likeness (QED) is 0.566. The van der Waals surface area contributed by atoms with Crippen molar-refractivity contribution >= 4 is 10.3 Å². The molecular formula is C5H11NO4S. The van der Waals surface area contributed by atoms with Crippen molar-refractivity contribution in [3.05, 3.63) is 0 Å². The van der Waals surface area contributed by atoms with Crippen molar-refractivity contribution in [1.29, 1.82) is 0 Å². The molecule has 0 aromatic rings. The molecule has 1 saturated heterocycles. The third-order valence-corrected chi connectivity index (χ3v) is 2.11. The van der Waals surface area contributed by atoms with Crippen LogP contribution < -0.4 is 4.72 Å². The minimum absolute atomic E-state index is 0.265. The van der Waals surface area contributed by atoms with E-state index in [0.717, 1.165) is 12.8 Å². The van der Waals surface area contributed by atoms with Crippen LogP contribution in [0.15, 0.2) is 0 Å². The van der Waals surface area contributed by atoms with E-state index in [2.05, 4.69) is 4.72 Å². The molecule has 1 rings (SSSR count). The molecule has 0 spiro atoms. The molecule has 0 radical (unpaired) electrons. The van der Waals surface area contributed by atoms with Gasteiger partial charge in [0.05, 0.1) is 6.61 Å². The predicted octanol–water partition coefficient (Wildman–Crippen LogP) is -0.442. The average Bonchev–Trinajstić information content (AvgIpc) is 1.85. The smallest absolute Gasteiger partial charge is 0.333 e. The topological polar surface area (TPSA) is 75.6 Å². The number of hydrogen-bond acceptors (Lipinski definition) is 3. The summed E-state index contributed by atoms with van der Waals surface area (Å²) < 4.78 is 36.0. The maximum Gasteiger partial charge on any atom is 0.333 e. The van der Waals surface area contributed by atoms with Gasteiger partial charge < -0.3 is 4.74 Å². The van der Waals surface area contributed by atoms with Crippen LogP contribution in [0.1, 0.15) is 12.8 Å². The van der Waals surface area contributed by atoms with Gasteiger partial charge in [0.15, 0.2) is 0 Å². The second-order valence-electron chi connectivity index (χ2n) is 2.51. The van der Waals surface area contributed by atoms with Gasteiger partial charge in [-0.1, -0.05) is 0 Å². The van der Waals surface area contributed by atoms with E-state index >= 15 is 0 Å². The molecule has 0 amide bonds. The Balaban J connectivity index is 2.36. The van der Waals surface area contributed by atoms with E-state index in [0.29, 0.717) is 13.2 Å². The Morgan fingerprint density at radius 3 is 2.73 bits per heavy atom. The molecule has 0 aliphatic carbocycles. The maximum atomic E-state index is 10.3. The summed E-state index contributed by atoms with van der Waals surface area (Å²) in [6.07, 6.45) is 1.55. The minimum atomic E-state index is -4.05. The van der Waals surface area contributed by atoms with Gasteiger partial charge >= 0.3 is 10.3 Å². The first kappa shape index (κ1) is 8.92. The second-order valence-corrected chi connectivity index (χ2v) is 3.69. The fraction of sp³-hybridized carbons (Fsp3) is 1.00. The summed E-state index contributed by atoms with van der Waals surface area (Å²) in [5.74, 6) is 0. The van der Waals surface area contributed by atoms with Crippen molar-refractivity contribution < 1.29 is 17.7 Å². The van der Waals surface area contributed by atoms with Crippen LogP contribution in [0, 0.1) is 0 Å². The SMILES string of the molecule is O=S(=O)(O)NC1CCCOC1. The van der Waals surface area contributed by atoms with Crippen molar-refractivity contribution in [2.24, 2.45) is 0 Å². The zero-order valence-corrected chi connectivity index (χ0v) is 6.80. The standard InChI is InChI=1S/C5H11NO4S/c7-11(8,9)6-5-2-1-3-10-4-5/h5-6H,1-4H2,(H,7,8,9). The largest absolute Gasteiger partial charge is 0.380 e. The molecule has 0 bridgehead atoms. The summed E-state index contributed by atoms with van der Waals surface area (Å²) in [4.78, 5) is 0. The van der Waals surface area contributed by atoms with Gasteiger partial charge in [0.2, 0.25) is 0 Å². The van der Waals surface area contributed by atoms with Crippen LogP contribution in [0.3, 0.4) is 0 Å². The van der Waals surface area contributed by atoms with E-state index < -0.39 is 10.3 Å². The fourth-order valence-electron chi connectivity index (χ4n) is 1.04. The molecular weight excluding hydrogens is 170 g/mol. The highest BCUT2D eigenvalue weighted by Crippen LogP contribution is 2.05. The van der Waals surface area contributed by atoms with Gasteiger partial charge in [-0.15, -0.1) is 0 Å². The molecule has 1 fully saturated rings. The molecule has 11 heavy (non-hydrogen) atoms. The van der Waals surface area contributed by atoms with Crippen molar-refractivity contribution in [3.8, 4) is 0 Å². The van der Waals surface area contributed by atoms with Gasteiger partial charge in [-0.2, -0.15) is 13.1 Å². The van der Waals surface area contributed by atoms with Gasteiger partial charge in [-0.3, -0.25) is 4.55 Å². The molecule has 2 N–H and O–H groups in total. The third kappa shape index (κ3) is 3.66. The van der Waals surface area contributed by atoms with Crippen molar-refractivity contribution in [2.75, 3.05) is 13.2 Å². The molecule has 6 heteroatoms. The van der Waals surface area contributed by atoms with E-state index in [-0.39, 0.29) is 6.04 Å². The lowest BCUT2D eigenvalue weighted by Gasteiger charge is -2.21. The molecule has 1 aliphatic heterocycles. The Hall–Kier alpha value is -0.170. The molecule has 0 aromatic carbocycles. The van der Waals surface area contributed by atoms with Gasteiger partial charge in [-0.05, 0) is 12.8 Å². The second kappa shape index (κ2) is 3.48. The zero-order valence-electron chi connectivity index (χ0n) is 5.99. The summed E-state index contributed by atoms with van der Waals surface area (Å²) in [7, 11) is -4.05. The molecule has 1 heterocycles. The van der Waals surface area contributed by atoms with E-state index in [1.54, 1.807) is 0 Å². The van der Waals surface area contributed by atoms with Gasteiger partial charge in [0, 0.05) is 12.6 Å². The Labute approximate surface area is 65.6 Å². The highest BCUT2D eigenvalue weighted by molar-refractivity contribution is 7.83. The molecule has 0 saturated carbocycles. The highest BCUT2D eigenvalue weighted by Gasteiger charge is 2.17.